The SMILES string of the molecule is CC1(C)CCC1n1nnnc1CN. The zero-order valence-corrected chi connectivity index (χ0v) is 8.06. The van der Waals surface area contributed by atoms with Crippen LogP contribution in [0.25, 0.3) is 0 Å². The van der Waals surface area contributed by atoms with E-state index >= 15 is 0 Å². The summed E-state index contributed by atoms with van der Waals surface area (Å²) in [7, 11) is 0. The summed E-state index contributed by atoms with van der Waals surface area (Å²) in [6.45, 7) is 4.89. The molecule has 0 aliphatic heterocycles. The Bertz CT molecular complexity index is 303. The van der Waals surface area contributed by atoms with E-state index in [4.69, 9.17) is 5.73 Å². The maximum Gasteiger partial charge on any atom is 0.165 e. The molecule has 72 valence electrons. The van der Waals surface area contributed by atoms with E-state index in [0.29, 0.717) is 18.0 Å². The van der Waals surface area contributed by atoms with Crippen LogP contribution in [0, 0.1) is 5.41 Å². The largest absolute Gasteiger partial charge is 0.324 e. The fourth-order valence-electron chi connectivity index (χ4n) is 1.89. The number of nitrogens with zero attached hydrogens (tertiary/aromatic N) is 4. The van der Waals surface area contributed by atoms with Crippen LogP contribution < -0.4 is 5.73 Å². The summed E-state index contributed by atoms with van der Waals surface area (Å²) < 4.78 is 1.88. The lowest BCUT2D eigenvalue weighted by molar-refractivity contribution is 0.0673. The van der Waals surface area contributed by atoms with E-state index in [1.165, 1.54) is 6.42 Å². The van der Waals surface area contributed by atoms with Crippen molar-refractivity contribution in [1.29, 1.82) is 0 Å². The Kier molecular flexibility index (Phi) is 1.83. The van der Waals surface area contributed by atoms with Gasteiger partial charge in [-0.25, -0.2) is 4.68 Å². The van der Waals surface area contributed by atoms with Crippen LogP contribution in [0.15, 0.2) is 0 Å². The van der Waals surface area contributed by atoms with Crippen molar-refractivity contribution in [2.45, 2.75) is 39.3 Å². The Morgan fingerprint density at radius 2 is 2.38 bits per heavy atom. The van der Waals surface area contributed by atoms with Gasteiger partial charge in [0.1, 0.15) is 0 Å². The second kappa shape index (κ2) is 2.77. The van der Waals surface area contributed by atoms with E-state index in [9.17, 15) is 0 Å². The average molecular weight is 181 g/mol. The van der Waals surface area contributed by atoms with Crippen LogP contribution in [0.2, 0.25) is 0 Å². The second-order valence-corrected chi connectivity index (χ2v) is 4.29. The molecule has 5 nitrogen and oxygen atoms in total. The predicted octanol–water partition coefficient (Wildman–Crippen LogP) is 0.493. The van der Waals surface area contributed by atoms with Crippen molar-refractivity contribution in [2.75, 3.05) is 0 Å². The van der Waals surface area contributed by atoms with Crippen molar-refractivity contribution in [1.82, 2.24) is 20.2 Å². The summed E-state index contributed by atoms with van der Waals surface area (Å²) >= 11 is 0. The van der Waals surface area contributed by atoms with Gasteiger partial charge in [-0.05, 0) is 28.7 Å². The monoisotopic (exact) mass is 181 g/mol. The Balaban J connectivity index is 2.26. The standard InChI is InChI=1S/C8H15N5/c1-8(2)4-3-6(8)13-7(5-9)10-11-12-13/h6H,3-5,9H2,1-2H3. The van der Waals surface area contributed by atoms with Crippen LogP contribution in [0.3, 0.4) is 0 Å². The Morgan fingerprint density at radius 1 is 1.62 bits per heavy atom. The predicted molar refractivity (Wildman–Crippen MR) is 47.8 cm³/mol. The number of nitrogens with two attached hydrogens (primary N) is 1. The Labute approximate surface area is 77.3 Å². The number of hydrogen-bond donors (Lipinski definition) is 1. The van der Waals surface area contributed by atoms with E-state index in [1.807, 2.05) is 4.68 Å². The number of rotatable bonds is 2. The molecule has 13 heavy (non-hydrogen) atoms. The molecule has 5 heteroatoms. The van der Waals surface area contributed by atoms with E-state index < -0.39 is 0 Å². The summed E-state index contributed by atoms with van der Waals surface area (Å²) in [5.41, 5.74) is 5.86. The highest BCUT2D eigenvalue weighted by Gasteiger charge is 2.41. The van der Waals surface area contributed by atoms with Crippen molar-refractivity contribution in [2.24, 2.45) is 11.1 Å². The molecule has 1 atom stereocenters. The van der Waals surface area contributed by atoms with Crippen molar-refractivity contribution < 1.29 is 0 Å². The lowest BCUT2D eigenvalue weighted by atomic mass is 9.67. The third kappa shape index (κ3) is 1.23. The van der Waals surface area contributed by atoms with Crippen LogP contribution in [0.5, 0.6) is 0 Å². The molecule has 0 bridgehead atoms. The summed E-state index contributed by atoms with van der Waals surface area (Å²) in [6, 6.07) is 0.432. The van der Waals surface area contributed by atoms with Crippen LogP contribution in [-0.2, 0) is 6.54 Å². The first-order chi connectivity index (χ1) is 6.15. The maximum atomic E-state index is 5.54. The molecule has 0 aromatic carbocycles. The van der Waals surface area contributed by atoms with Gasteiger partial charge in [-0.3, -0.25) is 0 Å². The first-order valence-electron chi connectivity index (χ1n) is 4.62. The third-order valence-corrected chi connectivity index (χ3v) is 3.00. The molecule has 0 spiro atoms. The molecular formula is C8H15N5. The molecule has 1 aromatic rings. The van der Waals surface area contributed by atoms with Gasteiger partial charge in [0.15, 0.2) is 5.82 Å². The van der Waals surface area contributed by atoms with Gasteiger partial charge < -0.3 is 5.73 Å². The summed E-state index contributed by atoms with van der Waals surface area (Å²) in [4.78, 5) is 0. The van der Waals surface area contributed by atoms with Crippen molar-refractivity contribution in [3.63, 3.8) is 0 Å². The fourth-order valence-corrected chi connectivity index (χ4v) is 1.89. The molecular weight excluding hydrogens is 166 g/mol. The molecule has 0 saturated heterocycles. The Hall–Kier alpha value is -0.970. The van der Waals surface area contributed by atoms with E-state index in [2.05, 4.69) is 29.4 Å². The molecule has 1 unspecified atom stereocenters. The minimum Gasteiger partial charge on any atom is -0.324 e. The lowest BCUT2D eigenvalue weighted by Crippen LogP contribution is -2.38. The van der Waals surface area contributed by atoms with Gasteiger partial charge in [-0.2, -0.15) is 0 Å². The molecule has 1 heterocycles. The number of aromatic nitrogens is 4. The van der Waals surface area contributed by atoms with Crippen LogP contribution >= 0.6 is 0 Å². The van der Waals surface area contributed by atoms with Crippen molar-refractivity contribution in [3.05, 3.63) is 5.82 Å². The molecule has 0 radical (unpaired) electrons. The maximum absolute atomic E-state index is 5.54. The normalized spacial score (nSPS) is 25.6. The van der Waals surface area contributed by atoms with Crippen LogP contribution in [0.1, 0.15) is 38.6 Å². The topological polar surface area (TPSA) is 69.6 Å². The van der Waals surface area contributed by atoms with Gasteiger partial charge in [-0.15, -0.1) is 5.10 Å². The molecule has 0 amide bonds. The van der Waals surface area contributed by atoms with Crippen LogP contribution in [-0.4, -0.2) is 20.2 Å². The van der Waals surface area contributed by atoms with Gasteiger partial charge in [-0.1, -0.05) is 13.8 Å². The molecule has 2 N–H and O–H groups in total. The highest BCUT2D eigenvalue weighted by Crippen LogP contribution is 2.48. The first-order valence-corrected chi connectivity index (χ1v) is 4.62. The van der Waals surface area contributed by atoms with Gasteiger partial charge in [0.2, 0.25) is 0 Å². The molecule has 1 aliphatic carbocycles. The molecule has 1 fully saturated rings. The van der Waals surface area contributed by atoms with E-state index in [0.717, 1.165) is 12.2 Å². The quantitative estimate of drug-likeness (QED) is 0.721. The minimum absolute atomic E-state index is 0.319. The zero-order valence-electron chi connectivity index (χ0n) is 8.06. The third-order valence-electron chi connectivity index (χ3n) is 3.00. The van der Waals surface area contributed by atoms with Gasteiger partial charge in [0, 0.05) is 0 Å². The van der Waals surface area contributed by atoms with E-state index in [-0.39, 0.29) is 0 Å². The minimum atomic E-state index is 0.319. The lowest BCUT2D eigenvalue weighted by Gasteiger charge is -2.44. The number of hydrogen-bond acceptors (Lipinski definition) is 4. The van der Waals surface area contributed by atoms with Gasteiger partial charge in [0.25, 0.3) is 0 Å². The smallest absolute Gasteiger partial charge is 0.165 e. The highest BCUT2D eigenvalue weighted by molar-refractivity contribution is 4.96. The first kappa shape index (κ1) is 8.62. The van der Waals surface area contributed by atoms with Gasteiger partial charge >= 0.3 is 0 Å². The Morgan fingerprint density at radius 3 is 2.85 bits per heavy atom. The summed E-state index contributed by atoms with van der Waals surface area (Å²) in [6.07, 6.45) is 2.40. The van der Waals surface area contributed by atoms with Crippen LogP contribution in [0.4, 0.5) is 0 Å². The highest BCUT2D eigenvalue weighted by atomic mass is 15.6. The average Bonchev–Trinajstić information content (AvgIpc) is 2.51. The van der Waals surface area contributed by atoms with Crippen molar-refractivity contribution >= 4 is 0 Å². The van der Waals surface area contributed by atoms with Gasteiger partial charge in [0.05, 0.1) is 12.6 Å². The number of tetrazole rings is 1. The molecule has 1 aliphatic rings. The second-order valence-electron chi connectivity index (χ2n) is 4.29. The summed E-state index contributed by atoms with van der Waals surface area (Å²) in [5.74, 6) is 0.790. The van der Waals surface area contributed by atoms with E-state index in [1.54, 1.807) is 0 Å². The fraction of sp³-hybridized carbons (Fsp3) is 0.875. The van der Waals surface area contributed by atoms with Crippen molar-refractivity contribution in [3.8, 4) is 0 Å². The molecule has 1 saturated carbocycles. The zero-order chi connectivity index (χ0) is 9.47. The molecule has 1 aromatic heterocycles. The molecule has 2 rings (SSSR count). The summed E-state index contributed by atoms with van der Waals surface area (Å²) in [5, 5.41) is 11.5.